The van der Waals surface area contributed by atoms with E-state index in [-0.39, 0.29) is 54.7 Å². The van der Waals surface area contributed by atoms with Crippen molar-refractivity contribution in [2.75, 3.05) is 13.7 Å². The number of benzene rings is 2. The van der Waals surface area contributed by atoms with Gasteiger partial charge in [-0.15, -0.1) is 0 Å². The second-order valence-electron chi connectivity index (χ2n) is 10.3. The first-order chi connectivity index (χ1) is 16.8. The summed E-state index contributed by atoms with van der Waals surface area (Å²) in [5.41, 5.74) is 2.67. The summed E-state index contributed by atoms with van der Waals surface area (Å²) in [5, 5.41) is 9.01. The lowest BCUT2D eigenvalue weighted by Crippen LogP contribution is -2.44. The minimum atomic E-state index is -2.27. The molecule has 0 bridgehead atoms. The van der Waals surface area contributed by atoms with Gasteiger partial charge < -0.3 is 14.7 Å². The second-order valence-corrected chi connectivity index (χ2v) is 15.3. The van der Waals surface area contributed by atoms with Crippen molar-refractivity contribution in [1.82, 2.24) is 4.90 Å². The molecule has 3 rings (SSSR count). The number of carboxylic acids is 1. The van der Waals surface area contributed by atoms with E-state index in [1.165, 1.54) is 17.0 Å². The average molecular weight is 518 g/mol. The summed E-state index contributed by atoms with van der Waals surface area (Å²) >= 11 is 0. The van der Waals surface area contributed by atoms with Gasteiger partial charge in [0.2, 0.25) is 5.91 Å². The molecule has 0 radical (unpaired) electrons. The van der Waals surface area contributed by atoms with Gasteiger partial charge in [-0.1, -0.05) is 25.7 Å². The molecule has 9 heteroatoms. The van der Waals surface area contributed by atoms with Crippen molar-refractivity contribution in [3.8, 4) is 5.75 Å². The maximum Gasteiger partial charge on any atom is 0.303 e. The predicted octanol–water partition coefficient (Wildman–Crippen LogP) is 4.32. The second kappa shape index (κ2) is 10.9. The molecule has 0 aliphatic carbocycles. The Morgan fingerprint density at radius 1 is 1.11 bits per heavy atom. The third-order valence-electron chi connectivity index (χ3n) is 6.65. The van der Waals surface area contributed by atoms with Crippen LogP contribution in [0.15, 0.2) is 24.3 Å². The number of nitrogens with zero attached hydrogens (tertiary/aromatic N) is 1. The lowest BCUT2D eigenvalue weighted by molar-refractivity contribution is -0.141. The highest BCUT2D eigenvalue weighted by Gasteiger charge is 2.37. The maximum atomic E-state index is 14.8. The van der Waals surface area contributed by atoms with Gasteiger partial charge >= 0.3 is 5.97 Å². The molecule has 1 atom stereocenters. The quantitative estimate of drug-likeness (QED) is 0.501. The number of aliphatic carboxylic acids is 1. The van der Waals surface area contributed by atoms with Gasteiger partial charge in [0.1, 0.15) is 23.4 Å². The van der Waals surface area contributed by atoms with Crippen LogP contribution in [0.5, 0.6) is 5.75 Å². The van der Waals surface area contributed by atoms with Crippen LogP contribution in [0.25, 0.3) is 0 Å². The maximum absolute atomic E-state index is 14.8. The van der Waals surface area contributed by atoms with Crippen LogP contribution in [0.2, 0.25) is 19.6 Å². The zero-order valence-electron chi connectivity index (χ0n) is 21.4. The van der Waals surface area contributed by atoms with Gasteiger partial charge in [-0.2, -0.15) is 0 Å². The van der Waals surface area contributed by atoms with Gasteiger partial charge in [0.05, 0.1) is 15.2 Å². The van der Waals surface area contributed by atoms with E-state index in [0.717, 1.165) is 11.1 Å². The lowest BCUT2D eigenvalue weighted by atomic mass is 9.85. The number of fused-ring (bicyclic) bond motifs is 1. The number of ether oxygens (including phenoxy) is 1. The van der Waals surface area contributed by atoms with Crippen molar-refractivity contribution >= 4 is 30.9 Å². The van der Waals surface area contributed by atoms with Crippen molar-refractivity contribution in [2.24, 2.45) is 0 Å². The van der Waals surface area contributed by atoms with Crippen molar-refractivity contribution in [2.45, 2.75) is 64.7 Å². The Balaban J connectivity index is 1.97. The summed E-state index contributed by atoms with van der Waals surface area (Å²) in [4.78, 5) is 39.1. The van der Waals surface area contributed by atoms with Crippen LogP contribution in [0, 0.1) is 18.6 Å². The number of amides is 1. The van der Waals surface area contributed by atoms with E-state index in [9.17, 15) is 23.2 Å². The van der Waals surface area contributed by atoms with E-state index in [1.807, 2.05) is 26.6 Å². The molecule has 194 valence electrons. The fourth-order valence-corrected chi connectivity index (χ4v) is 6.56. The summed E-state index contributed by atoms with van der Waals surface area (Å²) in [5.74, 6) is -2.29. The summed E-state index contributed by atoms with van der Waals surface area (Å²) < 4.78 is 35.1. The molecule has 0 aromatic heterocycles. The summed E-state index contributed by atoms with van der Waals surface area (Å²) in [6.07, 6.45) is 0.283. The van der Waals surface area contributed by atoms with E-state index in [4.69, 9.17) is 9.84 Å². The third kappa shape index (κ3) is 5.83. The monoisotopic (exact) mass is 517 g/mol. The molecule has 1 amide bonds. The van der Waals surface area contributed by atoms with Crippen molar-refractivity contribution < 1.29 is 33.0 Å². The number of Topliss-reactive ketones (excluding diaryl/α,β-unsaturated/α-hetero) is 1. The third-order valence-corrected chi connectivity index (χ3v) is 8.63. The first kappa shape index (κ1) is 27.5. The molecule has 1 aliphatic rings. The Labute approximate surface area is 211 Å². The van der Waals surface area contributed by atoms with Crippen LogP contribution >= 0.6 is 0 Å². The number of ketones is 1. The predicted molar refractivity (Wildman–Crippen MR) is 135 cm³/mol. The van der Waals surface area contributed by atoms with E-state index in [0.29, 0.717) is 17.7 Å². The van der Waals surface area contributed by atoms with Crippen molar-refractivity contribution in [3.63, 3.8) is 0 Å². The molecule has 6 nitrogen and oxygen atoms in total. The van der Waals surface area contributed by atoms with Crippen LogP contribution in [0.4, 0.5) is 8.78 Å². The lowest BCUT2D eigenvalue weighted by Gasteiger charge is -2.37. The van der Waals surface area contributed by atoms with Crippen LogP contribution in [-0.4, -0.2) is 49.4 Å². The number of carboxylic acid groups (broad SMARTS) is 1. The largest absolute Gasteiger partial charge is 0.496 e. The zero-order valence-corrected chi connectivity index (χ0v) is 22.4. The van der Waals surface area contributed by atoms with Gasteiger partial charge in [0, 0.05) is 31.0 Å². The zero-order chi connectivity index (χ0) is 26.8. The molecular weight excluding hydrogens is 484 g/mol. The molecule has 0 spiro atoms. The van der Waals surface area contributed by atoms with Crippen LogP contribution in [-0.2, 0) is 27.2 Å². The highest BCUT2D eigenvalue weighted by atomic mass is 28.3. The molecule has 1 heterocycles. The Morgan fingerprint density at radius 3 is 2.31 bits per heavy atom. The Kier molecular flexibility index (Phi) is 8.33. The molecule has 2 aromatic carbocycles. The SMILES string of the molecule is COc1ccc2c(c1C)CCN(C(=O)CCCC(=O)O)[C@H]2C(=O)Cc1cc(F)c([Si](C)(C)C)c(F)c1. The Hall–Kier alpha value is -3.07. The number of hydrogen-bond acceptors (Lipinski definition) is 4. The molecule has 0 saturated heterocycles. The average Bonchev–Trinajstić information content (AvgIpc) is 2.76. The molecule has 36 heavy (non-hydrogen) atoms. The van der Waals surface area contributed by atoms with Gasteiger partial charge in [0.15, 0.2) is 5.78 Å². The molecule has 2 aromatic rings. The van der Waals surface area contributed by atoms with Crippen molar-refractivity contribution in [1.29, 1.82) is 0 Å². The number of hydrogen-bond donors (Lipinski definition) is 1. The topological polar surface area (TPSA) is 83.9 Å². The fraction of sp³-hybridized carbons (Fsp3) is 0.444. The summed E-state index contributed by atoms with van der Waals surface area (Å²) in [6, 6.07) is 5.01. The smallest absolute Gasteiger partial charge is 0.303 e. The first-order valence-corrected chi connectivity index (χ1v) is 15.5. The minimum absolute atomic E-state index is 0.00524. The highest BCUT2D eigenvalue weighted by Crippen LogP contribution is 2.37. The van der Waals surface area contributed by atoms with E-state index in [1.54, 1.807) is 19.2 Å². The molecule has 0 fully saturated rings. The molecule has 1 N–H and O–H groups in total. The summed E-state index contributed by atoms with van der Waals surface area (Å²) in [6.45, 7) is 7.72. The normalized spacial score (nSPS) is 15.4. The molecule has 1 aliphatic heterocycles. The van der Waals surface area contributed by atoms with Gasteiger partial charge in [-0.3, -0.25) is 14.4 Å². The Morgan fingerprint density at radius 2 is 1.75 bits per heavy atom. The highest BCUT2D eigenvalue weighted by molar-refractivity contribution is 6.88. The molecule has 0 saturated carbocycles. The first-order valence-electron chi connectivity index (χ1n) is 12.0. The van der Waals surface area contributed by atoms with E-state index in [2.05, 4.69) is 0 Å². The molecular formula is C27H33F2NO5Si. The molecule has 0 unspecified atom stereocenters. The van der Waals surface area contributed by atoms with Crippen LogP contribution in [0.3, 0.4) is 0 Å². The standard InChI is InChI=1S/C27H33F2NO5Si/c1-16-18-11-12-30(24(32)7-6-8-25(33)34)26(19(18)9-10-23(16)35-2)22(31)15-17-13-20(28)27(21(29)14-17)36(3,4)5/h9-10,13-14,26H,6-8,11-12,15H2,1-5H3,(H,33,34)/t26-/m1/s1. The van der Waals surface area contributed by atoms with Gasteiger partial charge in [-0.05, 0) is 60.2 Å². The summed E-state index contributed by atoms with van der Waals surface area (Å²) in [7, 11) is -0.708. The Bertz CT molecular complexity index is 1170. The van der Waals surface area contributed by atoms with E-state index >= 15 is 0 Å². The number of rotatable bonds is 9. The number of carbonyl (C=O) groups excluding carboxylic acids is 2. The number of carbonyl (C=O) groups is 3. The van der Waals surface area contributed by atoms with Gasteiger partial charge in [0.25, 0.3) is 0 Å². The number of halogens is 2. The number of methoxy groups -OCH3 is 1. The van der Waals surface area contributed by atoms with Gasteiger partial charge in [-0.25, -0.2) is 8.78 Å². The van der Waals surface area contributed by atoms with Crippen LogP contribution < -0.4 is 9.92 Å². The minimum Gasteiger partial charge on any atom is -0.496 e. The van der Waals surface area contributed by atoms with Crippen LogP contribution in [0.1, 0.15) is 47.6 Å². The van der Waals surface area contributed by atoms with E-state index < -0.39 is 31.7 Å². The fourth-order valence-electron chi connectivity index (χ4n) is 4.99. The van der Waals surface area contributed by atoms with Crippen molar-refractivity contribution in [3.05, 3.63) is 58.2 Å².